The number of rotatable bonds is 2. The van der Waals surface area contributed by atoms with Crippen molar-refractivity contribution in [1.82, 2.24) is 0 Å². The van der Waals surface area contributed by atoms with E-state index in [1.807, 2.05) is 0 Å². The monoisotopic (exact) mass is 343 g/mol. The first-order valence-electron chi connectivity index (χ1n) is 5.22. The molecule has 0 saturated heterocycles. The largest absolute Gasteiger partial charge is 0.506 e. The van der Waals surface area contributed by atoms with Gasteiger partial charge in [0.15, 0.2) is 0 Å². The van der Waals surface area contributed by atoms with Crippen LogP contribution in [0.5, 0.6) is 5.75 Å². The average molecular weight is 345 g/mol. The Balaban J connectivity index is 2.23. The van der Waals surface area contributed by atoms with Crippen LogP contribution in [-0.4, -0.2) is 11.0 Å². The van der Waals surface area contributed by atoms with E-state index in [1.54, 1.807) is 6.07 Å². The molecule has 6 heteroatoms. The fourth-order valence-corrected chi connectivity index (χ4v) is 1.97. The van der Waals surface area contributed by atoms with Crippen LogP contribution in [0.25, 0.3) is 0 Å². The van der Waals surface area contributed by atoms with Gasteiger partial charge in [-0.2, -0.15) is 0 Å². The number of halogens is 3. The second-order valence-corrected chi connectivity index (χ2v) is 5.07. The molecule has 2 rings (SSSR count). The Kier molecular flexibility index (Phi) is 4.07. The van der Waals surface area contributed by atoms with Gasteiger partial charge in [0.05, 0.1) is 10.6 Å². The van der Waals surface area contributed by atoms with Crippen LogP contribution in [-0.2, 0) is 0 Å². The summed E-state index contributed by atoms with van der Waals surface area (Å²) in [6.07, 6.45) is 0. The molecule has 2 N–H and O–H groups in total. The Morgan fingerprint density at radius 2 is 2.00 bits per heavy atom. The van der Waals surface area contributed by atoms with Crippen LogP contribution in [0.4, 0.5) is 10.1 Å². The van der Waals surface area contributed by atoms with Gasteiger partial charge in [-0.3, -0.25) is 4.79 Å². The summed E-state index contributed by atoms with van der Waals surface area (Å²) in [6, 6.07) is 8.34. The Hall–Kier alpha value is -1.59. The van der Waals surface area contributed by atoms with Crippen LogP contribution >= 0.6 is 27.5 Å². The van der Waals surface area contributed by atoms with Crippen LogP contribution in [0.2, 0.25) is 5.02 Å². The van der Waals surface area contributed by atoms with Crippen molar-refractivity contribution in [3.05, 3.63) is 57.3 Å². The van der Waals surface area contributed by atoms with Crippen LogP contribution < -0.4 is 5.32 Å². The first kappa shape index (κ1) is 13.8. The second kappa shape index (κ2) is 5.59. The minimum Gasteiger partial charge on any atom is -0.506 e. The molecule has 0 fully saturated rings. The van der Waals surface area contributed by atoms with Gasteiger partial charge in [0, 0.05) is 10.2 Å². The minimum absolute atomic E-state index is 0.0765. The number of hydrogen-bond acceptors (Lipinski definition) is 2. The lowest BCUT2D eigenvalue weighted by Crippen LogP contribution is -2.13. The average Bonchev–Trinajstić information content (AvgIpc) is 2.33. The number of hydrogen-bond donors (Lipinski definition) is 2. The van der Waals surface area contributed by atoms with Crippen molar-refractivity contribution >= 4 is 39.1 Å². The Morgan fingerprint density at radius 3 is 2.63 bits per heavy atom. The molecular weight excluding hydrogens is 337 g/mol. The summed E-state index contributed by atoms with van der Waals surface area (Å²) in [5.74, 6) is -1.31. The minimum atomic E-state index is -0.628. The van der Waals surface area contributed by atoms with Gasteiger partial charge < -0.3 is 10.4 Å². The Labute approximate surface area is 122 Å². The van der Waals surface area contributed by atoms with E-state index in [2.05, 4.69) is 21.2 Å². The molecule has 98 valence electrons. The number of amides is 1. The predicted octanol–water partition coefficient (Wildman–Crippen LogP) is 4.20. The van der Waals surface area contributed by atoms with Gasteiger partial charge in [0.2, 0.25) is 0 Å². The van der Waals surface area contributed by atoms with E-state index in [-0.39, 0.29) is 16.3 Å². The van der Waals surface area contributed by atoms with Crippen molar-refractivity contribution in [2.24, 2.45) is 0 Å². The summed E-state index contributed by atoms with van der Waals surface area (Å²) in [5.41, 5.74) is 0.294. The highest BCUT2D eigenvalue weighted by Crippen LogP contribution is 2.26. The van der Waals surface area contributed by atoms with Gasteiger partial charge in [0.1, 0.15) is 11.6 Å². The van der Waals surface area contributed by atoms with Crippen molar-refractivity contribution in [2.75, 3.05) is 5.32 Å². The SMILES string of the molecule is O=C(Nc1ccc(O)c(Cl)c1)c1ccc(Br)cc1F. The molecule has 3 nitrogen and oxygen atoms in total. The molecule has 0 aliphatic heterocycles. The Morgan fingerprint density at radius 1 is 1.26 bits per heavy atom. The molecule has 0 aliphatic rings. The normalized spacial score (nSPS) is 10.3. The number of nitrogens with one attached hydrogen (secondary N) is 1. The van der Waals surface area contributed by atoms with Gasteiger partial charge in [-0.25, -0.2) is 4.39 Å². The van der Waals surface area contributed by atoms with Gasteiger partial charge in [0.25, 0.3) is 5.91 Å². The number of benzene rings is 2. The number of aromatic hydroxyl groups is 1. The standard InChI is InChI=1S/C13H8BrClFNO2/c14-7-1-3-9(11(16)5-7)13(19)17-8-2-4-12(18)10(15)6-8/h1-6,18H,(H,17,19). The van der Waals surface area contributed by atoms with Crippen LogP contribution in [0.15, 0.2) is 40.9 Å². The molecule has 0 unspecified atom stereocenters. The summed E-state index contributed by atoms with van der Waals surface area (Å²) in [7, 11) is 0. The number of anilines is 1. The highest BCUT2D eigenvalue weighted by atomic mass is 79.9. The summed E-state index contributed by atoms with van der Waals surface area (Å²) in [5, 5.41) is 11.9. The highest BCUT2D eigenvalue weighted by Gasteiger charge is 2.12. The van der Waals surface area contributed by atoms with E-state index in [9.17, 15) is 14.3 Å². The lowest BCUT2D eigenvalue weighted by molar-refractivity contribution is 0.102. The number of phenols is 1. The maximum Gasteiger partial charge on any atom is 0.258 e. The fraction of sp³-hybridized carbons (Fsp3) is 0. The quantitative estimate of drug-likeness (QED) is 0.802. The molecule has 0 heterocycles. The summed E-state index contributed by atoms with van der Waals surface area (Å²) in [4.78, 5) is 11.9. The van der Waals surface area contributed by atoms with Gasteiger partial charge in [-0.1, -0.05) is 27.5 Å². The molecule has 0 spiro atoms. The molecule has 19 heavy (non-hydrogen) atoms. The van der Waals surface area contributed by atoms with Crippen molar-refractivity contribution in [1.29, 1.82) is 0 Å². The molecule has 0 bridgehead atoms. The van der Waals surface area contributed by atoms with Crippen LogP contribution in [0.1, 0.15) is 10.4 Å². The molecule has 0 aliphatic carbocycles. The van der Waals surface area contributed by atoms with Crippen molar-refractivity contribution in [2.45, 2.75) is 0 Å². The van der Waals surface area contributed by atoms with Crippen molar-refractivity contribution in [3.8, 4) is 5.75 Å². The zero-order valence-electron chi connectivity index (χ0n) is 9.45. The zero-order chi connectivity index (χ0) is 14.0. The van der Waals surface area contributed by atoms with Gasteiger partial charge in [-0.05, 0) is 36.4 Å². The van der Waals surface area contributed by atoms with Gasteiger partial charge in [-0.15, -0.1) is 0 Å². The molecule has 0 saturated carbocycles. The Bertz CT molecular complexity index is 649. The van der Waals surface area contributed by atoms with Crippen LogP contribution in [0, 0.1) is 5.82 Å². The summed E-state index contributed by atoms with van der Waals surface area (Å²) < 4.78 is 14.1. The third kappa shape index (κ3) is 3.24. The summed E-state index contributed by atoms with van der Waals surface area (Å²) in [6.45, 7) is 0. The molecule has 2 aromatic rings. The number of carbonyl (C=O) groups is 1. The van der Waals surface area contributed by atoms with E-state index in [1.165, 1.54) is 30.3 Å². The molecule has 0 atom stereocenters. The van der Waals surface area contributed by atoms with E-state index < -0.39 is 11.7 Å². The number of phenolic OH excluding ortho intramolecular Hbond substituents is 1. The highest BCUT2D eigenvalue weighted by molar-refractivity contribution is 9.10. The first-order valence-corrected chi connectivity index (χ1v) is 6.39. The van der Waals surface area contributed by atoms with Crippen molar-refractivity contribution < 1.29 is 14.3 Å². The van der Waals surface area contributed by atoms with E-state index in [0.29, 0.717) is 10.2 Å². The molecule has 0 aromatic heterocycles. The second-order valence-electron chi connectivity index (χ2n) is 3.74. The fourth-order valence-electron chi connectivity index (χ4n) is 1.46. The zero-order valence-corrected chi connectivity index (χ0v) is 11.8. The molecule has 1 amide bonds. The van der Waals surface area contributed by atoms with Gasteiger partial charge >= 0.3 is 0 Å². The van der Waals surface area contributed by atoms with E-state index in [4.69, 9.17) is 11.6 Å². The van der Waals surface area contributed by atoms with E-state index >= 15 is 0 Å². The maximum atomic E-state index is 13.6. The first-order chi connectivity index (χ1) is 8.97. The molecule has 2 aromatic carbocycles. The maximum absolute atomic E-state index is 13.6. The van der Waals surface area contributed by atoms with Crippen LogP contribution in [0.3, 0.4) is 0 Å². The molecule has 0 radical (unpaired) electrons. The third-order valence-electron chi connectivity index (χ3n) is 2.38. The number of carbonyl (C=O) groups excluding carboxylic acids is 1. The van der Waals surface area contributed by atoms with E-state index in [0.717, 1.165) is 0 Å². The third-order valence-corrected chi connectivity index (χ3v) is 3.18. The predicted molar refractivity (Wildman–Crippen MR) is 75.2 cm³/mol. The lowest BCUT2D eigenvalue weighted by atomic mass is 10.2. The van der Waals surface area contributed by atoms with Crippen molar-refractivity contribution in [3.63, 3.8) is 0 Å². The lowest BCUT2D eigenvalue weighted by Gasteiger charge is -2.07. The summed E-state index contributed by atoms with van der Waals surface area (Å²) >= 11 is 8.83. The smallest absolute Gasteiger partial charge is 0.258 e. The molecular formula is C13H8BrClFNO2. The topological polar surface area (TPSA) is 49.3 Å².